The third-order valence-electron chi connectivity index (χ3n) is 3.95. The van der Waals surface area contributed by atoms with Gasteiger partial charge in [0.15, 0.2) is 5.82 Å². The van der Waals surface area contributed by atoms with Crippen molar-refractivity contribution in [1.82, 2.24) is 15.2 Å². The molecule has 2 N–H and O–H groups in total. The molecule has 0 spiro atoms. The van der Waals surface area contributed by atoms with Crippen LogP contribution in [0.3, 0.4) is 0 Å². The molecule has 1 heterocycles. The average molecular weight is 413 g/mol. The number of hydrogen-bond acceptors (Lipinski definition) is 7. The summed E-state index contributed by atoms with van der Waals surface area (Å²) in [5, 5.41) is 20.8. The highest BCUT2D eigenvalue weighted by molar-refractivity contribution is 7.99. The van der Waals surface area contributed by atoms with Crippen molar-refractivity contribution in [2.75, 3.05) is 11.1 Å². The second kappa shape index (κ2) is 9.20. The number of aromatic amines is 1. The zero-order valence-electron chi connectivity index (χ0n) is 15.8. The highest BCUT2D eigenvalue weighted by Crippen LogP contribution is 2.22. The summed E-state index contributed by atoms with van der Waals surface area (Å²) >= 11 is 1.15. The van der Waals surface area contributed by atoms with Gasteiger partial charge in [0.1, 0.15) is 12.4 Å². The zero-order valence-corrected chi connectivity index (χ0v) is 16.7. The highest BCUT2D eigenvalue weighted by atomic mass is 32.2. The second-order valence-corrected chi connectivity index (χ2v) is 7.20. The number of benzene rings is 2. The molecule has 0 saturated heterocycles. The maximum absolute atomic E-state index is 12.2. The molecule has 10 heteroatoms. The van der Waals surface area contributed by atoms with Crippen LogP contribution in [0.2, 0.25) is 0 Å². The predicted octanol–water partition coefficient (Wildman–Crippen LogP) is 3.64. The highest BCUT2D eigenvalue weighted by Gasteiger charge is 2.13. The normalized spacial score (nSPS) is 10.6. The minimum atomic E-state index is -0.502. The number of nitro groups is 1. The van der Waals surface area contributed by atoms with E-state index in [1.807, 2.05) is 31.2 Å². The van der Waals surface area contributed by atoms with Crippen LogP contribution in [0.1, 0.15) is 17.0 Å². The topological polar surface area (TPSA) is 123 Å². The Kier molecular flexibility index (Phi) is 6.45. The molecule has 9 nitrogen and oxygen atoms in total. The number of aromatic nitrogens is 3. The number of nitrogens with zero attached hydrogens (tertiary/aromatic N) is 3. The summed E-state index contributed by atoms with van der Waals surface area (Å²) in [6.45, 7) is 4.00. The molecule has 0 bridgehead atoms. The van der Waals surface area contributed by atoms with Gasteiger partial charge in [-0.25, -0.2) is 4.98 Å². The van der Waals surface area contributed by atoms with E-state index in [4.69, 9.17) is 4.74 Å². The van der Waals surface area contributed by atoms with Crippen LogP contribution >= 0.6 is 11.8 Å². The van der Waals surface area contributed by atoms with E-state index in [1.54, 1.807) is 13.0 Å². The van der Waals surface area contributed by atoms with Crippen LogP contribution < -0.4 is 10.1 Å². The van der Waals surface area contributed by atoms with Gasteiger partial charge in [-0.1, -0.05) is 35.5 Å². The third-order valence-corrected chi connectivity index (χ3v) is 4.79. The molecular weight excluding hydrogens is 394 g/mol. The Morgan fingerprint density at radius 1 is 1.24 bits per heavy atom. The van der Waals surface area contributed by atoms with Crippen LogP contribution in [0, 0.1) is 24.0 Å². The van der Waals surface area contributed by atoms with Crippen molar-refractivity contribution in [2.45, 2.75) is 25.6 Å². The fourth-order valence-electron chi connectivity index (χ4n) is 2.37. The molecule has 0 aliphatic rings. The van der Waals surface area contributed by atoms with Gasteiger partial charge < -0.3 is 10.1 Å². The fraction of sp³-hybridized carbons (Fsp3) is 0.211. The number of rotatable bonds is 8. The van der Waals surface area contributed by atoms with Crippen LogP contribution in [-0.4, -0.2) is 31.8 Å². The van der Waals surface area contributed by atoms with Gasteiger partial charge >= 0.3 is 0 Å². The molecule has 0 aliphatic carbocycles. The molecule has 3 rings (SSSR count). The summed E-state index contributed by atoms with van der Waals surface area (Å²) in [5.74, 6) is 1.04. The van der Waals surface area contributed by atoms with Gasteiger partial charge in [0.25, 0.3) is 5.69 Å². The minimum Gasteiger partial charge on any atom is -0.486 e. The molecule has 29 heavy (non-hydrogen) atoms. The van der Waals surface area contributed by atoms with Gasteiger partial charge in [-0.3, -0.25) is 20.0 Å². The Morgan fingerprint density at radius 2 is 2.00 bits per heavy atom. The van der Waals surface area contributed by atoms with E-state index in [1.165, 1.54) is 12.1 Å². The lowest BCUT2D eigenvalue weighted by atomic mass is 10.2. The van der Waals surface area contributed by atoms with Gasteiger partial charge in [0.2, 0.25) is 11.1 Å². The molecule has 0 saturated carbocycles. The second-order valence-electron chi connectivity index (χ2n) is 6.26. The molecular formula is C19H19N5O4S. The van der Waals surface area contributed by atoms with E-state index >= 15 is 0 Å². The van der Waals surface area contributed by atoms with E-state index < -0.39 is 4.92 Å². The molecule has 2 aromatic carbocycles. The number of non-ortho nitro benzene ring substituents is 1. The van der Waals surface area contributed by atoms with E-state index in [0.717, 1.165) is 28.6 Å². The number of amides is 1. The monoisotopic (exact) mass is 413 g/mol. The van der Waals surface area contributed by atoms with Gasteiger partial charge in [0.05, 0.1) is 16.4 Å². The van der Waals surface area contributed by atoms with Gasteiger partial charge in [-0.2, -0.15) is 0 Å². The smallest absolute Gasteiger partial charge is 0.271 e. The van der Waals surface area contributed by atoms with Crippen molar-refractivity contribution in [1.29, 1.82) is 0 Å². The number of H-pyrrole nitrogens is 1. The predicted molar refractivity (Wildman–Crippen MR) is 109 cm³/mol. The number of nitrogens with one attached hydrogen (secondary N) is 2. The van der Waals surface area contributed by atoms with Crippen LogP contribution in [0.4, 0.5) is 11.4 Å². The number of carbonyl (C=O) groups is 1. The van der Waals surface area contributed by atoms with Crippen LogP contribution in [-0.2, 0) is 11.4 Å². The molecule has 0 fully saturated rings. The molecule has 3 aromatic rings. The molecule has 1 aromatic heterocycles. The SMILES string of the molecule is Cc1ccc(OCc2nc(SCC(=O)Nc3cc([N+](=O)[O-])ccc3C)n[nH]2)cc1. The molecule has 0 atom stereocenters. The number of anilines is 1. The van der Waals surface area contributed by atoms with Crippen molar-refractivity contribution in [3.8, 4) is 5.75 Å². The first-order chi connectivity index (χ1) is 13.9. The lowest BCUT2D eigenvalue weighted by molar-refractivity contribution is -0.384. The van der Waals surface area contributed by atoms with Crippen molar-refractivity contribution in [3.63, 3.8) is 0 Å². The largest absolute Gasteiger partial charge is 0.486 e. The van der Waals surface area contributed by atoms with Crippen molar-refractivity contribution < 1.29 is 14.5 Å². The lowest BCUT2D eigenvalue weighted by Gasteiger charge is -2.07. The van der Waals surface area contributed by atoms with Crippen molar-refractivity contribution in [2.24, 2.45) is 0 Å². The van der Waals surface area contributed by atoms with Crippen molar-refractivity contribution >= 4 is 29.0 Å². The van der Waals surface area contributed by atoms with Crippen molar-refractivity contribution in [3.05, 3.63) is 69.5 Å². The summed E-state index contributed by atoms with van der Waals surface area (Å²) in [6, 6.07) is 12.0. The van der Waals surface area contributed by atoms with Gasteiger partial charge in [-0.15, -0.1) is 5.10 Å². The van der Waals surface area contributed by atoms with Crippen LogP contribution in [0.15, 0.2) is 47.6 Å². The number of hydrogen-bond donors (Lipinski definition) is 2. The van der Waals surface area contributed by atoms with E-state index in [2.05, 4.69) is 20.5 Å². The Bertz CT molecular complexity index is 1020. The standard InChI is InChI=1S/C19H19N5O4S/c1-12-3-7-15(8-4-12)28-10-17-21-19(23-22-17)29-11-18(25)20-16-9-14(24(26)27)6-5-13(16)2/h3-9H,10-11H2,1-2H3,(H,20,25)(H,21,22,23). The third kappa shape index (κ3) is 5.79. The maximum Gasteiger partial charge on any atom is 0.271 e. The number of aryl methyl sites for hydroxylation is 2. The maximum atomic E-state index is 12.2. The average Bonchev–Trinajstić information content (AvgIpc) is 3.15. The molecule has 0 radical (unpaired) electrons. The van der Waals surface area contributed by atoms with E-state index in [0.29, 0.717) is 16.7 Å². The first-order valence-corrected chi connectivity index (χ1v) is 9.68. The number of carbonyl (C=O) groups excluding carboxylic acids is 1. The van der Waals surface area contributed by atoms with Gasteiger partial charge in [0, 0.05) is 12.1 Å². The first kappa shape index (κ1) is 20.3. The molecule has 150 valence electrons. The minimum absolute atomic E-state index is 0.0677. The Balaban J connectivity index is 1.50. The Morgan fingerprint density at radius 3 is 2.72 bits per heavy atom. The molecule has 0 unspecified atom stereocenters. The van der Waals surface area contributed by atoms with E-state index in [9.17, 15) is 14.9 Å². The molecule has 0 aliphatic heterocycles. The number of ether oxygens (including phenoxy) is 1. The summed E-state index contributed by atoms with van der Waals surface area (Å²) in [7, 11) is 0. The summed E-state index contributed by atoms with van der Waals surface area (Å²) in [4.78, 5) is 26.8. The van der Waals surface area contributed by atoms with E-state index in [-0.39, 0.29) is 24.0 Å². The Hall–Kier alpha value is -3.40. The summed E-state index contributed by atoms with van der Waals surface area (Å²) < 4.78 is 5.63. The number of nitro benzene ring substituents is 1. The zero-order chi connectivity index (χ0) is 20.8. The number of thioether (sulfide) groups is 1. The first-order valence-electron chi connectivity index (χ1n) is 8.69. The van der Waals surface area contributed by atoms with Crippen LogP contribution in [0.25, 0.3) is 0 Å². The lowest BCUT2D eigenvalue weighted by Crippen LogP contribution is -2.15. The molecule has 1 amide bonds. The quantitative estimate of drug-likeness (QED) is 0.328. The van der Waals surface area contributed by atoms with Gasteiger partial charge in [-0.05, 0) is 31.5 Å². The Labute approximate surface area is 171 Å². The fourth-order valence-corrected chi connectivity index (χ4v) is 2.98. The van der Waals surface area contributed by atoms with Crippen LogP contribution in [0.5, 0.6) is 5.75 Å². The summed E-state index contributed by atoms with van der Waals surface area (Å²) in [6.07, 6.45) is 0. The summed E-state index contributed by atoms with van der Waals surface area (Å²) in [5.41, 5.74) is 2.22.